The van der Waals surface area contributed by atoms with Gasteiger partial charge in [-0.1, -0.05) is 12.8 Å². The zero-order valence-electron chi connectivity index (χ0n) is 9.82. The van der Waals surface area contributed by atoms with E-state index in [0.29, 0.717) is 12.0 Å². The molecule has 0 spiro atoms. The van der Waals surface area contributed by atoms with Crippen molar-refractivity contribution >= 4 is 5.82 Å². The molecule has 0 aliphatic heterocycles. The summed E-state index contributed by atoms with van der Waals surface area (Å²) in [4.78, 5) is 4.31. The second-order valence-electron chi connectivity index (χ2n) is 4.70. The van der Waals surface area contributed by atoms with E-state index in [2.05, 4.69) is 23.3 Å². The summed E-state index contributed by atoms with van der Waals surface area (Å²) in [6, 6.07) is 4.44. The highest BCUT2D eigenvalue weighted by molar-refractivity contribution is 5.38. The molecule has 0 amide bonds. The molecule has 2 rings (SSSR count). The Bertz CT molecular complexity index is 340. The molecule has 2 N–H and O–H groups in total. The molecular weight excluding hydrogens is 200 g/mol. The summed E-state index contributed by atoms with van der Waals surface area (Å²) >= 11 is 0. The number of hydrogen-bond donors (Lipinski definition) is 2. The molecule has 2 unspecified atom stereocenters. The van der Waals surface area contributed by atoms with Crippen molar-refractivity contribution in [2.24, 2.45) is 5.92 Å². The highest BCUT2D eigenvalue weighted by Gasteiger charge is 2.24. The quantitative estimate of drug-likeness (QED) is 0.822. The Hall–Kier alpha value is -1.09. The van der Waals surface area contributed by atoms with E-state index in [1.165, 1.54) is 18.4 Å². The van der Waals surface area contributed by atoms with Crippen LogP contribution in [-0.4, -0.2) is 22.7 Å². The molecule has 1 heterocycles. The van der Waals surface area contributed by atoms with Crippen LogP contribution in [0.15, 0.2) is 18.3 Å². The van der Waals surface area contributed by atoms with Crippen LogP contribution < -0.4 is 5.32 Å². The van der Waals surface area contributed by atoms with E-state index in [1.54, 1.807) is 0 Å². The third-order valence-electron chi connectivity index (χ3n) is 3.39. The number of aromatic nitrogens is 1. The lowest BCUT2D eigenvalue weighted by Crippen LogP contribution is -2.34. The van der Waals surface area contributed by atoms with Gasteiger partial charge in [0.15, 0.2) is 0 Å². The van der Waals surface area contributed by atoms with Gasteiger partial charge in [0.2, 0.25) is 0 Å². The SMILES string of the molecule is Cc1ccnc(NC2CCCCC2CO)c1. The molecule has 1 saturated carbocycles. The van der Waals surface area contributed by atoms with Gasteiger partial charge in [0, 0.05) is 24.8 Å². The maximum atomic E-state index is 9.33. The normalized spacial score (nSPS) is 25.4. The monoisotopic (exact) mass is 220 g/mol. The summed E-state index contributed by atoms with van der Waals surface area (Å²) in [5, 5.41) is 12.8. The highest BCUT2D eigenvalue weighted by atomic mass is 16.3. The number of rotatable bonds is 3. The zero-order valence-corrected chi connectivity index (χ0v) is 9.82. The standard InChI is InChI=1S/C13H20N2O/c1-10-6-7-14-13(8-10)15-12-5-3-2-4-11(12)9-16/h6-8,11-12,16H,2-5,9H2,1H3,(H,14,15). The molecule has 0 saturated heterocycles. The van der Waals surface area contributed by atoms with E-state index in [-0.39, 0.29) is 6.61 Å². The first-order chi connectivity index (χ1) is 7.79. The van der Waals surface area contributed by atoms with Gasteiger partial charge in [-0.05, 0) is 37.5 Å². The zero-order chi connectivity index (χ0) is 11.4. The molecule has 3 heteroatoms. The lowest BCUT2D eigenvalue weighted by Gasteiger charge is -2.31. The van der Waals surface area contributed by atoms with Crippen molar-refractivity contribution in [2.75, 3.05) is 11.9 Å². The summed E-state index contributed by atoms with van der Waals surface area (Å²) < 4.78 is 0. The molecule has 16 heavy (non-hydrogen) atoms. The van der Waals surface area contributed by atoms with E-state index in [0.717, 1.165) is 18.7 Å². The van der Waals surface area contributed by atoms with E-state index in [1.807, 2.05) is 12.3 Å². The Morgan fingerprint density at radius 3 is 3.00 bits per heavy atom. The minimum Gasteiger partial charge on any atom is -0.396 e. The van der Waals surface area contributed by atoms with Crippen molar-refractivity contribution < 1.29 is 5.11 Å². The minimum absolute atomic E-state index is 0.281. The first-order valence-electron chi connectivity index (χ1n) is 6.09. The van der Waals surface area contributed by atoms with Crippen molar-refractivity contribution in [3.05, 3.63) is 23.9 Å². The van der Waals surface area contributed by atoms with Gasteiger partial charge in [-0.25, -0.2) is 4.98 Å². The second-order valence-corrected chi connectivity index (χ2v) is 4.70. The van der Waals surface area contributed by atoms with Crippen molar-refractivity contribution in [3.63, 3.8) is 0 Å². The van der Waals surface area contributed by atoms with Gasteiger partial charge in [-0.3, -0.25) is 0 Å². The summed E-state index contributed by atoms with van der Waals surface area (Å²) in [5.74, 6) is 1.32. The van der Waals surface area contributed by atoms with Crippen LogP contribution >= 0.6 is 0 Å². The average Bonchev–Trinajstić information content (AvgIpc) is 2.30. The number of nitrogens with one attached hydrogen (secondary N) is 1. The largest absolute Gasteiger partial charge is 0.396 e. The maximum absolute atomic E-state index is 9.33. The third kappa shape index (κ3) is 2.73. The van der Waals surface area contributed by atoms with Gasteiger partial charge in [0.1, 0.15) is 5.82 Å². The van der Waals surface area contributed by atoms with E-state index < -0.39 is 0 Å². The molecule has 2 atom stereocenters. The van der Waals surface area contributed by atoms with Gasteiger partial charge in [0.25, 0.3) is 0 Å². The molecule has 3 nitrogen and oxygen atoms in total. The molecule has 0 bridgehead atoms. The predicted octanol–water partition coefficient (Wildman–Crippen LogP) is 2.35. The van der Waals surface area contributed by atoms with Crippen LogP contribution in [0, 0.1) is 12.8 Å². The number of aliphatic hydroxyl groups excluding tert-OH is 1. The molecule has 1 fully saturated rings. The fourth-order valence-electron chi connectivity index (χ4n) is 2.42. The topological polar surface area (TPSA) is 45.2 Å². The number of nitrogens with zero attached hydrogens (tertiary/aromatic N) is 1. The summed E-state index contributed by atoms with van der Waals surface area (Å²) in [5.41, 5.74) is 1.22. The summed E-state index contributed by atoms with van der Waals surface area (Å²) in [6.07, 6.45) is 6.58. The lowest BCUT2D eigenvalue weighted by molar-refractivity contribution is 0.178. The van der Waals surface area contributed by atoms with Gasteiger partial charge in [0.05, 0.1) is 0 Å². The van der Waals surface area contributed by atoms with Gasteiger partial charge < -0.3 is 10.4 Å². The van der Waals surface area contributed by atoms with Crippen LogP contribution in [-0.2, 0) is 0 Å². The molecule has 1 aromatic rings. The smallest absolute Gasteiger partial charge is 0.126 e. The summed E-state index contributed by atoms with van der Waals surface area (Å²) in [7, 11) is 0. The average molecular weight is 220 g/mol. The number of pyridine rings is 1. The van der Waals surface area contributed by atoms with E-state index >= 15 is 0 Å². The van der Waals surface area contributed by atoms with Gasteiger partial charge >= 0.3 is 0 Å². The van der Waals surface area contributed by atoms with Crippen molar-refractivity contribution in [2.45, 2.75) is 38.6 Å². The molecule has 0 radical (unpaired) electrons. The van der Waals surface area contributed by atoms with Crippen LogP contribution in [0.4, 0.5) is 5.82 Å². The Labute approximate surface area is 96.9 Å². The molecule has 1 aliphatic rings. The number of anilines is 1. The number of aryl methyl sites for hydroxylation is 1. The Morgan fingerprint density at radius 1 is 1.44 bits per heavy atom. The molecule has 1 aromatic heterocycles. The molecule has 1 aliphatic carbocycles. The van der Waals surface area contributed by atoms with Crippen molar-refractivity contribution in [3.8, 4) is 0 Å². The lowest BCUT2D eigenvalue weighted by atomic mass is 9.85. The van der Waals surface area contributed by atoms with E-state index in [9.17, 15) is 5.11 Å². The van der Waals surface area contributed by atoms with E-state index in [4.69, 9.17) is 0 Å². The fourth-order valence-corrected chi connectivity index (χ4v) is 2.42. The fraction of sp³-hybridized carbons (Fsp3) is 0.615. The number of hydrogen-bond acceptors (Lipinski definition) is 3. The van der Waals surface area contributed by atoms with Crippen LogP contribution in [0.25, 0.3) is 0 Å². The first kappa shape index (κ1) is 11.4. The minimum atomic E-state index is 0.281. The van der Waals surface area contributed by atoms with Crippen molar-refractivity contribution in [1.82, 2.24) is 4.98 Å². The third-order valence-corrected chi connectivity index (χ3v) is 3.39. The molecule has 0 aromatic carbocycles. The van der Waals surface area contributed by atoms with Gasteiger partial charge in [-0.2, -0.15) is 0 Å². The second kappa shape index (κ2) is 5.30. The Balaban J connectivity index is 2.02. The number of aliphatic hydroxyl groups is 1. The molecular formula is C13H20N2O. The van der Waals surface area contributed by atoms with Crippen LogP contribution in [0.3, 0.4) is 0 Å². The highest BCUT2D eigenvalue weighted by Crippen LogP contribution is 2.26. The summed E-state index contributed by atoms with van der Waals surface area (Å²) in [6.45, 7) is 2.35. The first-order valence-corrected chi connectivity index (χ1v) is 6.09. The van der Waals surface area contributed by atoms with Crippen molar-refractivity contribution in [1.29, 1.82) is 0 Å². The molecule has 88 valence electrons. The van der Waals surface area contributed by atoms with Crippen LogP contribution in [0.2, 0.25) is 0 Å². The predicted molar refractivity (Wildman–Crippen MR) is 65.4 cm³/mol. The maximum Gasteiger partial charge on any atom is 0.126 e. The Kier molecular flexibility index (Phi) is 3.78. The Morgan fingerprint density at radius 2 is 2.25 bits per heavy atom. The van der Waals surface area contributed by atoms with Crippen LogP contribution in [0.5, 0.6) is 0 Å². The van der Waals surface area contributed by atoms with Crippen LogP contribution in [0.1, 0.15) is 31.2 Å². The van der Waals surface area contributed by atoms with Gasteiger partial charge in [-0.15, -0.1) is 0 Å².